The van der Waals surface area contributed by atoms with Gasteiger partial charge in [0.25, 0.3) is 0 Å². The van der Waals surface area contributed by atoms with Crippen LogP contribution in [-0.2, 0) is 0 Å². The molecule has 0 saturated heterocycles. The minimum absolute atomic E-state index is 0.423. The van der Waals surface area contributed by atoms with Crippen molar-refractivity contribution >= 4 is 37.7 Å². The van der Waals surface area contributed by atoms with Crippen molar-refractivity contribution < 1.29 is 4.74 Å². The van der Waals surface area contributed by atoms with E-state index in [1.807, 2.05) is 25.1 Å². The molecule has 0 saturated carbocycles. The fourth-order valence-corrected chi connectivity index (χ4v) is 2.11. The molecule has 2 aromatic rings. The van der Waals surface area contributed by atoms with Crippen LogP contribution in [0, 0.1) is 6.92 Å². The molecule has 0 spiro atoms. The number of aryl methyl sites for hydroxylation is 1. The summed E-state index contributed by atoms with van der Waals surface area (Å²) in [7, 11) is 1.62. The summed E-state index contributed by atoms with van der Waals surface area (Å²) in [4.78, 5) is 8.69. The van der Waals surface area contributed by atoms with Gasteiger partial charge in [0.2, 0.25) is 0 Å². The molecule has 0 unspecified atom stereocenters. The van der Waals surface area contributed by atoms with Crippen LogP contribution >= 0.6 is 31.9 Å². The van der Waals surface area contributed by atoms with Gasteiger partial charge in [0, 0.05) is 10.0 Å². The zero-order valence-electron chi connectivity index (χ0n) is 9.87. The van der Waals surface area contributed by atoms with Gasteiger partial charge in [-0.1, -0.05) is 15.9 Å². The Balaban J connectivity index is 2.61. The first-order valence-corrected chi connectivity index (χ1v) is 6.75. The molecule has 1 aromatic carbocycles. The quantitative estimate of drug-likeness (QED) is 0.875. The van der Waals surface area contributed by atoms with Crippen molar-refractivity contribution in [1.29, 1.82) is 0 Å². The molecular weight excluding hydrogens is 362 g/mol. The molecule has 2 rings (SSSR count). The molecule has 4 nitrogen and oxygen atoms in total. The standard InChI is InChI=1S/C12H11Br2N3O/c1-6-10(14)11(15)17-12(16-6)8-5-7(18-2)3-4-9(8)13/h3-5H,1-2H3,(H2,15,16,17). The van der Waals surface area contributed by atoms with Crippen LogP contribution in [0.15, 0.2) is 27.1 Å². The van der Waals surface area contributed by atoms with E-state index in [2.05, 4.69) is 41.8 Å². The van der Waals surface area contributed by atoms with Crippen molar-refractivity contribution in [3.8, 4) is 17.1 Å². The molecular formula is C12H11Br2N3O. The van der Waals surface area contributed by atoms with Gasteiger partial charge in [-0.25, -0.2) is 9.97 Å². The van der Waals surface area contributed by atoms with Gasteiger partial charge in [-0.2, -0.15) is 0 Å². The number of nitrogens with two attached hydrogens (primary N) is 1. The van der Waals surface area contributed by atoms with Crippen molar-refractivity contribution in [3.05, 3.63) is 32.8 Å². The fourth-order valence-electron chi connectivity index (χ4n) is 1.50. The number of nitrogens with zero attached hydrogens (tertiary/aromatic N) is 2. The summed E-state index contributed by atoms with van der Waals surface area (Å²) in [6, 6.07) is 5.62. The predicted octanol–water partition coefficient (Wildman–Crippen LogP) is 3.57. The molecule has 6 heteroatoms. The first kappa shape index (κ1) is 13.3. The van der Waals surface area contributed by atoms with Gasteiger partial charge in [0.05, 0.1) is 17.3 Å². The van der Waals surface area contributed by atoms with Crippen molar-refractivity contribution in [1.82, 2.24) is 9.97 Å². The molecule has 2 N–H and O–H groups in total. The number of aromatic nitrogens is 2. The molecule has 94 valence electrons. The Bertz CT molecular complexity index is 579. The normalized spacial score (nSPS) is 10.4. The van der Waals surface area contributed by atoms with E-state index in [-0.39, 0.29) is 0 Å². The fraction of sp³-hybridized carbons (Fsp3) is 0.167. The van der Waals surface area contributed by atoms with E-state index >= 15 is 0 Å². The summed E-state index contributed by atoms with van der Waals surface area (Å²) < 4.78 is 6.82. The Morgan fingerprint density at radius 1 is 1.22 bits per heavy atom. The maximum Gasteiger partial charge on any atom is 0.163 e. The monoisotopic (exact) mass is 371 g/mol. The summed E-state index contributed by atoms with van der Waals surface area (Å²) in [6.07, 6.45) is 0. The van der Waals surface area contributed by atoms with E-state index in [1.54, 1.807) is 7.11 Å². The molecule has 0 atom stereocenters. The predicted molar refractivity (Wildman–Crippen MR) is 78.6 cm³/mol. The van der Waals surface area contributed by atoms with Crippen molar-refractivity contribution in [2.75, 3.05) is 12.8 Å². The number of hydrogen-bond donors (Lipinski definition) is 1. The molecule has 0 aliphatic rings. The van der Waals surface area contributed by atoms with E-state index in [0.29, 0.717) is 11.6 Å². The summed E-state index contributed by atoms with van der Waals surface area (Å²) >= 11 is 6.82. The number of rotatable bonds is 2. The molecule has 0 aliphatic carbocycles. The summed E-state index contributed by atoms with van der Waals surface area (Å²) in [5.41, 5.74) is 7.48. The number of halogens is 2. The summed E-state index contributed by atoms with van der Waals surface area (Å²) in [5, 5.41) is 0. The van der Waals surface area contributed by atoms with Gasteiger partial charge >= 0.3 is 0 Å². The van der Waals surface area contributed by atoms with Crippen molar-refractivity contribution in [2.45, 2.75) is 6.92 Å². The van der Waals surface area contributed by atoms with Gasteiger partial charge < -0.3 is 10.5 Å². The number of nitrogen functional groups attached to an aromatic ring is 1. The van der Waals surface area contributed by atoms with E-state index in [9.17, 15) is 0 Å². The van der Waals surface area contributed by atoms with Gasteiger partial charge in [-0.15, -0.1) is 0 Å². The highest BCUT2D eigenvalue weighted by Gasteiger charge is 2.12. The Kier molecular flexibility index (Phi) is 3.87. The second kappa shape index (κ2) is 5.24. The highest BCUT2D eigenvalue weighted by molar-refractivity contribution is 9.11. The van der Waals surface area contributed by atoms with E-state index < -0.39 is 0 Å². The molecule has 18 heavy (non-hydrogen) atoms. The third-order valence-corrected chi connectivity index (χ3v) is 4.13. The molecule has 0 bridgehead atoms. The molecule has 0 amide bonds. The molecule has 1 aromatic heterocycles. The molecule has 0 fully saturated rings. The van der Waals surface area contributed by atoms with Crippen LogP contribution in [0.4, 0.5) is 5.82 Å². The lowest BCUT2D eigenvalue weighted by Crippen LogP contribution is -2.00. The van der Waals surface area contributed by atoms with Crippen LogP contribution in [0.5, 0.6) is 5.75 Å². The number of ether oxygens (including phenoxy) is 1. The average molecular weight is 373 g/mol. The summed E-state index contributed by atoms with van der Waals surface area (Å²) in [5.74, 6) is 1.74. The largest absolute Gasteiger partial charge is 0.497 e. The second-order valence-corrected chi connectivity index (χ2v) is 5.32. The third kappa shape index (κ3) is 2.49. The first-order valence-electron chi connectivity index (χ1n) is 5.16. The van der Waals surface area contributed by atoms with Crippen LogP contribution in [0.1, 0.15) is 5.69 Å². The number of hydrogen-bond acceptors (Lipinski definition) is 4. The molecule has 1 heterocycles. The molecule has 0 radical (unpaired) electrons. The zero-order chi connectivity index (χ0) is 13.3. The van der Waals surface area contributed by atoms with Crippen LogP contribution in [-0.4, -0.2) is 17.1 Å². The van der Waals surface area contributed by atoms with E-state index in [0.717, 1.165) is 26.0 Å². The van der Waals surface area contributed by atoms with Gasteiger partial charge in [-0.05, 0) is 41.1 Å². The number of methoxy groups -OCH3 is 1. The SMILES string of the molecule is COc1ccc(Br)c(-c2nc(C)c(Br)c(N)n2)c1. The lowest BCUT2D eigenvalue weighted by atomic mass is 10.2. The van der Waals surface area contributed by atoms with Crippen LogP contribution in [0.3, 0.4) is 0 Å². The number of anilines is 1. The molecule has 0 aliphatic heterocycles. The van der Waals surface area contributed by atoms with E-state index in [1.165, 1.54) is 0 Å². The Morgan fingerprint density at radius 3 is 2.56 bits per heavy atom. The van der Waals surface area contributed by atoms with E-state index in [4.69, 9.17) is 10.5 Å². The van der Waals surface area contributed by atoms with Crippen LogP contribution < -0.4 is 10.5 Å². The smallest absolute Gasteiger partial charge is 0.163 e. The Labute approximate surface area is 122 Å². The third-order valence-electron chi connectivity index (χ3n) is 2.46. The first-order chi connectivity index (χ1) is 8.52. The lowest BCUT2D eigenvalue weighted by molar-refractivity contribution is 0.415. The minimum Gasteiger partial charge on any atom is -0.497 e. The maximum atomic E-state index is 5.83. The van der Waals surface area contributed by atoms with Crippen LogP contribution in [0.25, 0.3) is 11.4 Å². The van der Waals surface area contributed by atoms with Gasteiger partial charge in [0.1, 0.15) is 11.6 Å². The van der Waals surface area contributed by atoms with Gasteiger partial charge in [-0.3, -0.25) is 0 Å². The van der Waals surface area contributed by atoms with Crippen LogP contribution in [0.2, 0.25) is 0 Å². The Morgan fingerprint density at radius 2 is 1.94 bits per heavy atom. The highest BCUT2D eigenvalue weighted by Crippen LogP contribution is 2.31. The maximum absolute atomic E-state index is 5.83. The average Bonchev–Trinajstić information content (AvgIpc) is 2.36. The highest BCUT2D eigenvalue weighted by atomic mass is 79.9. The summed E-state index contributed by atoms with van der Waals surface area (Å²) in [6.45, 7) is 1.87. The number of benzene rings is 1. The second-order valence-electron chi connectivity index (χ2n) is 3.68. The Hall–Kier alpha value is -1.14. The van der Waals surface area contributed by atoms with Crippen molar-refractivity contribution in [3.63, 3.8) is 0 Å². The van der Waals surface area contributed by atoms with Crippen molar-refractivity contribution in [2.24, 2.45) is 0 Å². The topological polar surface area (TPSA) is 61.0 Å². The zero-order valence-corrected chi connectivity index (χ0v) is 13.0. The lowest BCUT2D eigenvalue weighted by Gasteiger charge is -2.09. The minimum atomic E-state index is 0.423. The van der Waals surface area contributed by atoms with Gasteiger partial charge in [0.15, 0.2) is 5.82 Å².